The smallest absolute Gasteiger partial charge is 0.307 e. The second-order valence-corrected chi connectivity index (χ2v) is 4.23. The Labute approximate surface area is 104 Å². The Morgan fingerprint density at radius 2 is 1.94 bits per heavy atom. The van der Waals surface area contributed by atoms with E-state index in [1.54, 1.807) is 0 Å². The van der Waals surface area contributed by atoms with Crippen molar-refractivity contribution in [3.63, 3.8) is 0 Å². The fraction of sp³-hybridized carbons (Fsp3) is 0.727. The van der Waals surface area contributed by atoms with E-state index in [-0.39, 0.29) is 31.7 Å². The Kier molecular flexibility index (Phi) is 5.08. The Morgan fingerprint density at radius 1 is 1.33 bits per heavy atom. The molecule has 1 rings (SSSR count). The van der Waals surface area contributed by atoms with Gasteiger partial charge in [0.1, 0.15) is 12.7 Å². The first kappa shape index (κ1) is 14.4. The highest BCUT2D eigenvalue weighted by molar-refractivity contribution is 5.78. The predicted octanol–water partition coefficient (Wildman–Crippen LogP) is 0.273. The maximum absolute atomic E-state index is 11.3. The topological polar surface area (TPSA) is 113 Å². The standard InChI is InChI=1S/C11H16O7/c1-6-8(18-6)5-17-10(14)3-2-7(11(15)16)4-9(12)13/h6-8H,2-5H2,1H3,(H,12,13)(H,15,16). The molecule has 7 heteroatoms. The summed E-state index contributed by atoms with van der Waals surface area (Å²) in [6, 6.07) is 0. The molecule has 1 aliphatic rings. The summed E-state index contributed by atoms with van der Waals surface area (Å²) in [6.45, 7) is 2.02. The highest BCUT2D eigenvalue weighted by atomic mass is 16.6. The van der Waals surface area contributed by atoms with Gasteiger partial charge in [-0.1, -0.05) is 0 Å². The van der Waals surface area contributed by atoms with Crippen molar-refractivity contribution in [3.05, 3.63) is 0 Å². The monoisotopic (exact) mass is 260 g/mol. The molecule has 0 aromatic rings. The van der Waals surface area contributed by atoms with Gasteiger partial charge >= 0.3 is 17.9 Å². The molecule has 0 amide bonds. The number of hydrogen-bond acceptors (Lipinski definition) is 5. The van der Waals surface area contributed by atoms with Gasteiger partial charge in [0.25, 0.3) is 0 Å². The average Bonchev–Trinajstić information content (AvgIpc) is 2.97. The van der Waals surface area contributed by atoms with Crippen molar-refractivity contribution < 1.29 is 34.1 Å². The molecule has 102 valence electrons. The highest BCUT2D eigenvalue weighted by Crippen LogP contribution is 2.21. The number of aliphatic carboxylic acids is 2. The maximum atomic E-state index is 11.3. The van der Waals surface area contributed by atoms with E-state index in [0.29, 0.717) is 0 Å². The Balaban J connectivity index is 2.21. The number of carboxylic acids is 2. The normalized spacial score (nSPS) is 23.2. The summed E-state index contributed by atoms with van der Waals surface area (Å²) in [4.78, 5) is 32.4. The minimum absolute atomic E-state index is 0.0401. The minimum atomic E-state index is -1.22. The van der Waals surface area contributed by atoms with Gasteiger partial charge in [-0.25, -0.2) is 0 Å². The Bertz CT molecular complexity index is 338. The van der Waals surface area contributed by atoms with Crippen molar-refractivity contribution >= 4 is 17.9 Å². The number of rotatable bonds is 8. The summed E-state index contributed by atoms with van der Waals surface area (Å²) >= 11 is 0. The highest BCUT2D eigenvalue weighted by Gasteiger charge is 2.35. The second-order valence-electron chi connectivity index (χ2n) is 4.23. The van der Waals surface area contributed by atoms with Crippen LogP contribution in [0.25, 0.3) is 0 Å². The fourth-order valence-electron chi connectivity index (χ4n) is 1.47. The molecule has 0 aliphatic carbocycles. The van der Waals surface area contributed by atoms with Crippen molar-refractivity contribution in [2.75, 3.05) is 6.61 Å². The molecule has 0 aromatic heterocycles. The van der Waals surface area contributed by atoms with Crippen LogP contribution in [0.15, 0.2) is 0 Å². The Hall–Kier alpha value is -1.63. The van der Waals surface area contributed by atoms with E-state index in [2.05, 4.69) is 0 Å². The van der Waals surface area contributed by atoms with E-state index in [1.165, 1.54) is 0 Å². The molecule has 18 heavy (non-hydrogen) atoms. The number of carbonyl (C=O) groups is 3. The van der Waals surface area contributed by atoms with Crippen molar-refractivity contribution in [1.82, 2.24) is 0 Å². The van der Waals surface area contributed by atoms with E-state index in [9.17, 15) is 14.4 Å². The van der Waals surface area contributed by atoms with E-state index in [4.69, 9.17) is 19.7 Å². The van der Waals surface area contributed by atoms with Crippen LogP contribution in [0.3, 0.4) is 0 Å². The molecule has 0 spiro atoms. The Morgan fingerprint density at radius 3 is 2.39 bits per heavy atom. The third kappa shape index (κ3) is 5.13. The molecule has 0 bridgehead atoms. The van der Waals surface area contributed by atoms with E-state index in [0.717, 1.165) is 0 Å². The average molecular weight is 260 g/mol. The SMILES string of the molecule is CC1OC1COC(=O)CCC(CC(=O)O)C(=O)O. The van der Waals surface area contributed by atoms with Gasteiger partial charge in [-0.15, -0.1) is 0 Å². The van der Waals surface area contributed by atoms with Gasteiger partial charge in [0, 0.05) is 6.42 Å². The molecular weight excluding hydrogens is 244 g/mol. The molecule has 0 saturated carbocycles. The summed E-state index contributed by atoms with van der Waals surface area (Å²) in [5, 5.41) is 17.3. The molecule has 3 atom stereocenters. The lowest BCUT2D eigenvalue weighted by Crippen LogP contribution is -2.20. The number of esters is 1. The van der Waals surface area contributed by atoms with Crippen LogP contribution in [0.4, 0.5) is 0 Å². The van der Waals surface area contributed by atoms with Crippen LogP contribution in [-0.4, -0.2) is 46.9 Å². The molecule has 7 nitrogen and oxygen atoms in total. The molecular formula is C11H16O7. The van der Waals surface area contributed by atoms with Gasteiger partial charge < -0.3 is 19.7 Å². The number of hydrogen-bond donors (Lipinski definition) is 2. The van der Waals surface area contributed by atoms with Gasteiger partial charge in [-0.2, -0.15) is 0 Å². The summed E-state index contributed by atoms with van der Waals surface area (Å²) < 4.78 is 9.90. The van der Waals surface area contributed by atoms with Crippen molar-refractivity contribution in [2.45, 2.75) is 38.4 Å². The molecule has 0 aromatic carbocycles. The number of ether oxygens (including phenoxy) is 2. The third-order valence-corrected chi connectivity index (χ3v) is 2.71. The lowest BCUT2D eigenvalue weighted by molar-refractivity contribution is -0.150. The zero-order chi connectivity index (χ0) is 13.7. The molecule has 1 fully saturated rings. The molecule has 1 saturated heterocycles. The molecule has 2 N–H and O–H groups in total. The summed E-state index contributed by atoms with van der Waals surface area (Å²) in [6.07, 6.45) is -0.613. The lowest BCUT2D eigenvalue weighted by Gasteiger charge is -2.09. The number of epoxide rings is 1. The van der Waals surface area contributed by atoms with Crippen LogP contribution >= 0.6 is 0 Å². The van der Waals surface area contributed by atoms with Crippen LogP contribution in [0.5, 0.6) is 0 Å². The first-order valence-corrected chi connectivity index (χ1v) is 5.66. The van der Waals surface area contributed by atoms with Gasteiger partial charge in [-0.05, 0) is 13.3 Å². The summed E-state index contributed by atoms with van der Waals surface area (Å²) in [7, 11) is 0. The summed E-state index contributed by atoms with van der Waals surface area (Å²) in [5.41, 5.74) is 0. The first-order valence-electron chi connectivity index (χ1n) is 5.66. The van der Waals surface area contributed by atoms with E-state index < -0.39 is 30.2 Å². The van der Waals surface area contributed by atoms with Crippen LogP contribution in [0.1, 0.15) is 26.2 Å². The third-order valence-electron chi connectivity index (χ3n) is 2.71. The zero-order valence-electron chi connectivity index (χ0n) is 10.00. The van der Waals surface area contributed by atoms with Gasteiger partial charge in [-0.3, -0.25) is 14.4 Å². The van der Waals surface area contributed by atoms with E-state index >= 15 is 0 Å². The second kappa shape index (κ2) is 6.34. The minimum Gasteiger partial charge on any atom is -0.481 e. The van der Waals surface area contributed by atoms with Gasteiger partial charge in [0.2, 0.25) is 0 Å². The van der Waals surface area contributed by atoms with Crippen molar-refractivity contribution in [1.29, 1.82) is 0 Å². The maximum Gasteiger partial charge on any atom is 0.307 e. The first-order chi connectivity index (χ1) is 8.40. The van der Waals surface area contributed by atoms with Crippen LogP contribution in [0.2, 0.25) is 0 Å². The lowest BCUT2D eigenvalue weighted by atomic mass is 10.00. The van der Waals surface area contributed by atoms with Crippen LogP contribution in [-0.2, 0) is 23.9 Å². The molecule has 0 radical (unpaired) electrons. The quantitative estimate of drug-likeness (QED) is 0.475. The van der Waals surface area contributed by atoms with Gasteiger partial charge in [0.15, 0.2) is 0 Å². The molecule has 1 aliphatic heterocycles. The van der Waals surface area contributed by atoms with Crippen LogP contribution < -0.4 is 0 Å². The van der Waals surface area contributed by atoms with Gasteiger partial charge in [0.05, 0.1) is 18.4 Å². The zero-order valence-corrected chi connectivity index (χ0v) is 10.00. The summed E-state index contributed by atoms with van der Waals surface area (Å²) in [5.74, 6) is -4.01. The predicted molar refractivity (Wildman–Crippen MR) is 57.9 cm³/mol. The van der Waals surface area contributed by atoms with Crippen molar-refractivity contribution in [3.8, 4) is 0 Å². The van der Waals surface area contributed by atoms with Crippen LogP contribution in [0, 0.1) is 5.92 Å². The number of carbonyl (C=O) groups excluding carboxylic acids is 1. The molecule has 1 heterocycles. The van der Waals surface area contributed by atoms with Crippen molar-refractivity contribution in [2.24, 2.45) is 5.92 Å². The largest absolute Gasteiger partial charge is 0.481 e. The fourth-order valence-corrected chi connectivity index (χ4v) is 1.47. The molecule has 3 unspecified atom stereocenters. The number of carboxylic acid groups (broad SMARTS) is 2. The van der Waals surface area contributed by atoms with E-state index in [1.807, 2.05) is 6.92 Å².